The van der Waals surface area contributed by atoms with Gasteiger partial charge in [-0.15, -0.1) is 0 Å². The lowest BCUT2D eigenvalue weighted by molar-refractivity contribution is -0.141. The molecule has 0 saturated carbocycles. The first kappa shape index (κ1) is 25.0. The first-order chi connectivity index (χ1) is 17.1. The summed E-state index contributed by atoms with van der Waals surface area (Å²) in [6.45, 7) is 0. The molecule has 1 heterocycles. The summed E-state index contributed by atoms with van der Waals surface area (Å²) in [6.07, 6.45) is 1.98. The van der Waals surface area contributed by atoms with Crippen LogP contribution in [0.15, 0.2) is 77.8 Å². The van der Waals surface area contributed by atoms with Crippen molar-refractivity contribution in [2.24, 2.45) is 4.99 Å². The van der Waals surface area contributed by atoms with Crippen LogP contribution in [-0.4, -0.2) is 35.2 Å². The molecule has 1 unspecified atom stereocenters. The van der Waals surface area contributed by atoms with Gasteiger partial charge in [0.1, 0.15) is 5.75 Å². The van der Waals surface area contributed by atoms with E-state index in [-0.39, 0.29) is 31.8 Å². The van der Waals surface area contributed by atoms with Gasteiger partial charge in [0, 0.05) is 33.1 Å². The third-order valence-corrected chi connectivity index (χ3v) is 6.09. The van der Waals surface area contributed by atoms with E-state index in [0.717, 1.165) is 12.2 Å². The number of anilines is 1. The topological polar surface area (TPSA) is 125 Å². The van der Waals surface area contributed by atoms with Crippen LogP contribution in [0.1, 0.15) is 15.9 Å². The number of aliphatic carboxylic acids is 2. The molecule has 8 nitrogen and oxygen atoms in total. The summed E-state index contributed by atoms with van der Waals surface area (Å²) in [5, 5.41) is 23.2. The molecule has 3 N–H and O–H groups in total. The van der Waals surface area contributed by atoms with Gasteiger partial charge < -0.3 is 20.3 Å². The van der Waals surface area contributed by atoms with E-state index < -0.39 is 23.4 Å². The van der Waals surface area contributed by atoms with Crippen molar-refractivity contribution in [3.8, 4) is 5.75 Å². The van der Waals surface area contributed by atoms with Crippen molar-refractivity contribution in [1.82, 2.24) is 0 Å². The molecule has 10 heteroatoms. The van der Waals surface area contributed by atoms with Gasteiger partial charge in [-0.1, -0.05) is 35.3 Å². The Morgan fingerprint density at radius 3 is 2.39 bits per heavy atom. The Hall–Kier alpha value is -4.14. The second-order valence-electron chi connectivity index (χ2n) is 7.76. The molecular formula is C26H18Cl2N2O6. The summed E-state index contributed by atoms with van der Waals surface area (Å²) >= 11 is 12.5. The van der Waals surface area contributed by atoms with E-state index in [2.05, 4.69) is 10.3 Å². The predicted octanol–water partition coefficient (Wildman–Crippen LogP) is 3.66. The van der Waals surface area contributed by atoms with Crippen LogP contribution in [0.5, 0.6) is 5.75 Å². The molecule has 1 aliphatic heterocycles. The molecule has 0 aliphatic carbocycles. The number of carbonyl (C=O) groups is 3. The van der Waals surface area contributed by atoms with Gasteiger partial charge in [-0.05, 0) is 60.2 Å². The van der Waals surface area contributed by atoms with Crippen molar-refractivity contribution in [2.75, 3.05) is 12.4 Å². The molecule has 0 saturated heterocycles. The number of nitrogens with zero attached hydrogens (tertiary/aromatic N) is 1. The van der Waals surface area contributed by atoms with Gasteiger partial charge in [-0.2, -0.15) is 0 Å². The number of ether oxygens (including phenoxy) is 1. The van der Waals surface area contributed by atoms with E-state index in [1.807, 2.05) is 0 Å². The van der Waals surface area contributed by atoms with Crippen LogP contribution in [0.25, 0.3) is 5.57 Å². The fourth-order valence-electron chi connectivity index (χ4n) is 3.97. The summed E-state index contributed by atoms with van der Waals surface area (Å²) in [4.78, 5) is 41.3. The summed E-state index contributed by atoms with van der Waals surface area (Å²) in [5.74, 6) is -2.47. The fourth-order valence-corrected chi connectivity index (χ4v) is 4.55. The van der Waals surface area contributed by atoms with Gasteiger partial charge in [0.2, 0.25) is 5.54 Å². The van der Waals surface area contributed by atoms with Crippen molar-refractivity contribution in [2.45, 2.75) is 5.54 Å². The van der Waals surface area contributed by atoms with E-state index >= 15 is 0 Å². The third-order valence-electron chi connectivity index (χ3n) is 5.57. The number of carbonyl (C=O) groups excluding carboxylic acids is 1. The first-order valence-corrected chi connectivity index (χ1v) is 11.2. The molecule has 3 aromatic rings. The lowest BCUT2D eigenvalue weighted by Crippen LogP contribution is -2.35. The molecule has 0 bridgehead atoms. The average molecular weight is 525 g/mol. The van der Waals surface area contributed by atoms with Crippen molar-refractivity contribution in [1.29, 1.82) is 0 Å². The molecule has 36 heavy (non-hydrogen) atoms. The zero-order valence-corrected chi connectivity index (χ0v) is 20.2. The highest BCUT2D eigenvalue weighted by molar-refractivity contribution is 6.34. The Labute approximate surface area is 214 Å². The minimum absolute atomic E-state index is 0.0488. The molecule has 182 valence electrons. The Kier molecular flexibility index (Phi) is 6.83. The number of hydrogen-bond acceptors (Lipinski definition) is 5. The quantitative estimate of drug-likeness (QED) is 0.405. The van der Waals surface area contributed by atoms with Gasteiger partial charge in [0.15, 0.2) is 0 Å². The maximum absolute atomic E-state index is 12.8. The van der Waals surface area contributed by atoms with E-state index in [4.69, 9.17) is 27.9 Å². The number of carboxylic acids is 2. The van der Waals surface area contributed by atoms with Crippen molar-refractivity contribution in [3.63, 3.8) is 0 Å². The van der Waals surface area contributed by atoms with Gasteiger partial charge in [-0.3, -0.25) is 9.79 Å². The Morgan fingerprint density at radius 2 is 1.75 bits per heavy atom. The maximum atomic E-state index is 12.8. The molecular weight excluding hydrogens is 507 g/mol. The van der Waals surface area contributed by atoms with Crippen LogP contribution in [0.4, 0.5) is 5.69 Å². The van der Waals surface area contributed by atoms with Gasteiger partial charge >= 0.3 is 11.9 Å². The number of hydrogen-bond donors (Lipinski definition) is 3. The lowest BCUT2D eigenvalue weighted by Gasteiger charge is -2.25. The molecule has 0 aromatic heterocycles. The number of fused-ring (bicyclic) bond motifs is 1. The van der Waals surface area contributed by atoms with Crippen molar-refractivity contribution < 1.29 is 29.3 Å². The smallest absolute Gasteiger partial charge is 0.341 e. The molecule has 1 amide bonds. The predicted molar refractivity (Wildman–Crippen MR) is 134 cm³/mol. The first-order valence-electron chi connectivity index (χ1n) is 10.5. The molecule has 0 radical (unpaired) electrons. The Bertz CT molecular complexity index is 1550. The number of carboxylic acid groups (broad SMARTS) is 2. The molecule has 0 spiro atoms. The number of rotatable bonds is 7. The number of halogens is 2. The van der Waals surface area contributed by atoms with Crippen LogP contribution >= 0.6 is 23.2 Å². The zero-order valence-electron chi connectivity index (χ0n) is 18.7. The van der Waals surface area contributed by atoms with E-state index in [1.165, 1.54) is 31.4 Å². The minimum Gasteiger partial charge on any atom is -0.497 e. The number of nitrogens with one attached hydrogen (secondary N) is 1. The molecule has 3 aromatic carbocycles. The largest absolute Gasteiger partial charge is 0.497 e. The van der Waals surface area contributed by atoms with Crippen LogP contribution < -0.4 is 20.6 Å². The van der Waals surface area contributed by atoms with Crippen molar-refractivity contribution in [3.05, 3.63) is 105 Å². The van der Waals surface area contributed by atoms with E-state index in [1.54, 1.807) is 36.4 Å². The van der Waals surface area contributed by atoms with Gasteiger partial charge in [0.05, 0.1) is 17.5 Å². The number of amides is 1. The van der Waals surface area contributed by atoms with Gasteiger partial charge in [-0.25, -0.2) is 9.59 Å². The molecule has 1 aliphatic rings. The highest BCUT2D eigenvalue weighted by Gasteiger charge is 2.46. The second-order valence-corrected chi connectivity index (χ2v) is 8.60. The minimum atomic E-state index is -2.04. The highest BCUT2D eigenvalue weighted by Crippen LogP contribution is 2.39. The summed E-state index contributed by atoms with van der Waals surface area (Å²) in [7, 11) is 1.52. The summed E-state index contributed by atoms with van der Waals surface area (Å²) in [5.41, 5.74) is -1.14. The van der Waals surface area contributed by atoms with Crippen LogP contribution in [0, 0.1) is 0 Å². The van der Waals surface area contributed by atoms with Crippen molar-refractivity contribution >= 4 is 52.3 Å². The fraction of sp³-hybridized carbons (Fsp3) is 0.0769. The monoisotopic (exact) mass is 524 g/mol. The Balaban J connectivity index is 1.84. The SMILES string of the molecule is COc1ccc(C(=O)Nc2cccc(C3(C(=O)O)N=c4cc(Cl)cc(Cl)c4=C3C=CC(=O)O)c2)cc1. The molecule has 0 fully saturated rings. The summed E-state index contributed by atoms with van der Waals surface area (Å²) in [6, 6.07) is 15.5. The zero-order chi connectivity index (χ0) is 26.0. The Morgan fingerprint density at radius 1 is 1.03 bits per heavy atom. The normalized spacial score (nSPS) is 16.4. The van der Waals surface area contributed by atoms with E-state index in [9.17, 15) is 24.6 Å². The molecule has 4 rings (SSSR count). The van der Waals surface area contributed by atoms with Crippen LogP contribution in [0.3, 0.4) is 0 Å². The third kappa shape index (κ3) is 4.56. The molecule has 1 atom stereocenters. The van der Waals surface area contributed by atoms with Crippen LogP contribution in [0.2, 0.25) is 10.0 Å². The maximum Gasteiger partial charge on any atom is 0.341 e. The average Bonchev–Trinajstić information content (AvgIpc) is 3.18. The second kappa shape index (κ2) is 9.85. The van der Waals surface area contributed by atoms with E-state index in [0.29, 0.717) is 17.0 Å². The lowest BCUT2D eigenvalue weighted by atomic mass is 9.82. The van der Waals surface area contributed by atoms with Gasteiger partial charge in [0.25, 0.3) is 5.91 Å². The van der Waals surface area contributed by atoms with Crippen LogP contribution in [-0.2, 0) is 15.1 Å². The standard InChI is InChI=1S/C26H18Cl2N2O6/c1-36-18-7-5-14(6-8-18)24(33)29-17-4-2-3-15(11-17)26(25(34)35)19(9-10-22(31)32)23-20(28)12-16(27)13-21(23)30-26/h2-13H,1H3,(H,29,33)(H,31,32)(H,34,35). The number of benzene rings is 3. The number of methoxy groups -OCH3 is 1. The highest BCUT2D eigenvalue weighted by atomic mass is 35.5. The summed E-state index contributed by atoms with van der Waals surface area (Å²) < 4.78 is 5.10.